The van der Waals surface area contributed by atoms with Crippen molar-refractivity contribution in [2.45, 2.75) is 51.4 Å². The maximum absolute atomic E-state index is 9.70. The number of hydrogen-bond donors (Lipinski definition) is 2. The molecule has 0 spiro atoms. The summed E-state index contributed by atoms with van der Waals surface area (Å²) in [5.74, 6) is 0.950. The number of allylic oxidation sites excluding steroid dienone is 2. The fourth-order valence-corrected chi connectivity index (χ4v) is 2.53. The maximum Gasteiger partial charge on any atom is 0.496 e. The Balaban J connectivity index is 2.51. The minimum absolute atomic E-state index is 0.305. The average Bonchev–Trinajstić information content (AvgIpc) is 2.60. The second-order valence-corrected chi connectivity index (χ2v) is 6.01. The Morgan fingerprint density at radius 2 is 1.28 bits per heavy atom. The molecule has 0 saturated heterocycles. The van der Waals surface area contributed by atoms with Gasteiger partial charge in [0.2, 0.25) is 0 Å². The number of unbranched alkanes of at least 4 members (excludes halogenated alkanes) is 6. The normalized spacial score (nSPS) is 10.3. The predicted octanol–water partition coefficient (Wildman–Crippen LogP) is 3.62. The molecular formula is C20H31BO4. The molecule has 5 heteroatoms. The van der Waals surface area contributed by atoms with E-state index in [2.05, 4.69) is 13.2 Å². The number of benzene rings is 1. The first-order valence-electron chi connectivity index (χ1n) is 9.17. The third-order valence-corrected chi connectivity index (χ3v) is 3.90. The second-order valence-electron chi connectivity index (χ2n) is 6.01. The molecule has 2 N–H and O–H groups in total. The van der Waals surface area contributed by atoms with E-state index in [1.165, 1.54) is 0 Å². The number of ether oxygens (including phenoxy) is 2. The zero-order chi connectivity index (χ0) is 18.3. The van der Waals surface area contributed by atoms with Gasteiger partial charge in [-0.05, 0) is 63.5 Å². The van der Waals surface area contributed by atoms with E-state index in [0.29, 0.717) is 30.2 Å². The zero-order valence-corrected chi connectivity index (χ0v) is 15.2. The molecule has 0 aliphatic heterocycles. The van der Waals surface area contributed by atoms with Gasteiger partial charge in [-0.15, -0.1) is 13.2 Å². The van der Waals surface area contributed by atoms with Gasteiger partial charge in [0.25, 0.3) is 0 Å². The first-order valence-corrected chi connectivity index (χ1v) is 9.17. The summed E-state index contributed by atoms with van der Waals surface area (Å²) in [6.07, 6.45) is 12.0. The van der Waals surface area contributed by atoms with Crippen molar-refractivity contribution >= 4 is 12.6 Å². The lowest BCUT2D eigenvalue weighted by atomic mass is 9.78. The quantitative estimate of drug-likeness (QED) is 0.289. The van der Waals surface area contributed by atoms with Crippen LogP contribution in [-0.4, -0.2) is 30.4 Å². The molecule has 0 saturated carbocycles. The Morgan fingerprint density at radius 3 is 1.68 bits per heavy atom. The van der Waals surface area contributed by atoms with Gasteiger partial charge < -0.3 is 19.5 Å². The van der Waals surface area contributed by atoms with Crippen LogP contribution >= 0.6 is 0 Å². The molecule has 1 aromatic rings. The molecule has 0 unspecified atom stereocenters. The van der Waals surface area contributed by atoms with Crippen LogP contribution in [0.15, 0.2) is 43.5 Å². The smallest absolute Gasteiger partial charge is 0.494 e. The molecule has 0 heterocycles. The van der Waals surface area contributed by atoms with Crippen LogP contribution in [0, 0.1) is 0 Å². The van der Waals surface area contributed by atoms with Gasteiger partial charge in [0.1, 0.15) is 11.5 Å². The third-order valence-electron chi connectivity index (χ3n) is 3.90. The van der Waals surface area contributed by atoms with E-state index in [0.717, 1.165) is 51.4 Å². The highest BCUT2D eigenvalue weighted by atomic mass is 16.5. The third kappa shape index (κ3) is 8.80. The van der Waals surface area contributed by atoms with Crippen LogP contribution in [0.5, 0.6) is 11.5 Å². The number of hydrogen-bond acceptors (Lipinski definition) is 4. The van der Waals surface area contributed by atoms with Gasteiger partial charge >= 0.3 is 7.12 Å². The molecule has 0 aliphatic carbocycles. The van der Waals surface area contributed by atoms with Crippen molar-refractivity contribution in [1.82, 2.24) is 0 Å². The molecule has 1 rings (SSSR count). The first-order chi connectivity index (χ1) is 12.2. The van der Waals surface area contributed by atoms with Crippen molar-refractivity contribution in [3.05, 3.63) is 43.5 Å². The minimum atomic E-state index is -1.62. The van der Waals surface area contributed by atoms with E-state index < -0.39 is 7.12 Å². The van der Waals surface area contributed by atoms with E-state index in [-0.39, 0.29) is 0 Å². The van der Waals surface area contributed by atoms with E-state index >= 15 is 0 Å². The largest absolute Gasteiger partial charge is 0.496 e. The summed E-state index contributed by atoms with van der Waals surface area (Å²) in [4.78, 5) is 0. The van der Waals surface area contributed by atoms with Crippen molar-refractivity contribution in [2.24, 2.45) is 0 Å². The summed E-state index contributed by atoms with van der Waals surface area (Å²) in [7, 11) is -1.62. The first kappa shape index (κ1) is 21.3. The van der Waals surface area contributed by atoms with Crippen LogP contribution in [0.1, 0.15) is 51.4 Å². The van der Waals surface area contributed by atoms with Gasteiger partial charge in [0, 0.05) is 0 Å². The van der Waals surface area contributed by atoms with Crippen molar-refractivity contribution in [1.29, 1.82) is 0 Å². The monoisotopic (exact) mass is 346 g/mol. The molecule has 0 atom stereocenters. The molecule has 0 radical (unpaired) electrons. The average molecular weight is 346 g/mol. The standard InChI is InChI=1S/C20H31BO4/c1-3-5-7-9-11-16-24-18-14-13-15-19(20(18)21(22)23)25-17-12-10-8-6-4-2/h3-4,13-15,22-23H,1-2,5-12,16-17H2. The van der Waals surface area contributed by atoms with Crippen LogP contribution in [0.3, 0.4) is 0 Å². The Morgan fingerprint density at radius 1 is 0.800 bits per heavy atom. The summed E-state index contributed by atoms with van der Waals surface area (Å²) in [6.45, 7) is 8.50. The lowest BCUT2D eigenvalue weighted by molar-refractivity contribution is 0.292. The molecule has 0 fully saturated rings. The van der Waals surface area contributed by atoms with E-state index in [1.807, 2.05) is 18.2 Å². The highest BCUT2D eigenvalue weighted by Crippen LogP contribution is 2.18. The molecule has 0 aliphatic rings. The summed E-state index contributed by atoms with van der Waals surface area (Å²) < 4.78 is 11.5. The topological polar surface area (TPSA) is 58.9 Å². The molecule has 0 aromatic heterocycles. The van der Waals surface area contributed by atoms with Crippen molar-refractivity contribution in [3.63, 3.8) is 0 Å². The lowest BCUT2D eigenvalue weighted by Crippen LogP contribution is -2.33. The van der Waals surface area contributed by atoms with E-state index in [1.54, 1.807) is 12.1 Å². The summed E-state index contributed by atoms with van der Waals surface area (Å²) in [5.41, 5.74) is 0.305. The highest BCUT2D eigenvalue weighted by molar-refractivity contribution is 6.60. The van der Waals surface area contributed by atoms with Gasteiger partial charge in [0.05, 0.1) is 18.7 Å². The molecule has 138 valence electrons. The molecule has 4 nitrogen and oxygen atoms in total. The fraction of sp³-hybridized carbons (Fsp3) is 0.500. The molecule has 0 bridgehead atoms. The van der Waals surface area contributed by atoms with Gasteiger partial charge in [-0.25, -0.2) is 0 Å². The van der Waals surface area contributed by atoms with E-state index in [9.17, 15) is 10.0 Å². The Labute approximate surface area is 152 Å². The van der Waals surface area contributed by atoms with Crippen LogP contribution in [0.25, 0.3) is 0 Å². The molecule has 25 heavy (non-hydrogen) atoms. The second kappa shape index (κ2) is 13.6. The Hall–Kier alpha value is -1.72. The SMILES string of the molecule is C=CCCCCCOc1cccc(OCCCCCC=C)c1B(O)O. The molecule has 1 aromatic carbocycles. The van der Waals surface area contributed by atoms with Crippen molar-refractivity contribution in [3.8, 4) is 11.5 Å². The van der Waals surface area contributed by atoms with Crippen LogP contribution in [0.2, 0.25) is 0 Å². The van der Waals surface area contributed by atoms with Crippen molar-refractivity contribution < 1.29 is 19.5 Å². The summed E-state index contributed by atoms with van der Waals surface area (Å²) in [5, 5.41) is 19.4. The van der Waals surface area contributed by atoms with Gasteiger partial charge in [-0.1, -0.05) is 18.2 Å². The summed E-state index contributed by atoms with van der Waals surface area (Å²) in [6, 6.07) is 5.30. The lowest BCUT2D eigenvalue weighted by Gasteiger charge is -2.16. The van der Waals surface area contributed by atoms with Gasteiger partial charge in [0.15, 0.2) is 0 Å². The Bertz CT molecular complexity index is 464. The number of rotatable bonds is 15. The minimum Gasteiger partial charge on any atom is -0.494 e. The van der Waals surface area contributed by atoms with Gasteiger partial charge in [-0.3, -0.25) is 0 Å². The fourth-order valence-electron chi connectivity index (χ4n) is 2.53. The van der Waals surface area contributed by atoms with Crippen LogP contribution in [0.4, 0.5) is 0 Å². The Kier molecular flexibility index (Phi) is 11.6. The van der Waals surface area contributed by atoms with Crippen molar-refractivity contribution in [2.75, 3.05) is 13.2 Å². The maximum atomic E-state index is 9.70. The van der Waals surface area contributed by atoms with Crippen LogP contribution in [-0.2, 0) is 0 Å². The van der Waals surface area contributed by atoms with Gasteiger partial charge in [-0.2, -0.15) is 0 Å². The predicted molar refractivity (Wildman–Crippen MR) is 105 cm³/mol. The zero-order valence-electron chi connectivity index (χ0n) is 15.2. The highest BCUT2D eigenvalue weighted by Gasteiger charge is 2.22. The van der Waals surface area contributed by atoms with Crippen LogP contribution < -0.4 is 14.9 Å². The van der Waals surface area contributed by atoms with E-state index in [4.69, 9.17) is 9.47 Å². The molecular weight excluding hydrogens is 315 g/mol. The summed E-state index contributed by atoms with van der Waals surface area (Å²) >= 11 is 0. The molecule has 0 amide bonds.